The van der Waals surface area contributed by atoms with Crippen LogP contribution in [0.25, 0.3) is 9.88 Å². The van der Waals surface area contributed by atoms with Crippen LogP contribution in [0.4, 0.5) is 0 Å². The highest BCUT2D eigenvalue weighted by Gasteiger charge is 2.09. The molecule has 0 spiro atoms. The Morgan fingerprint density at radius 2 is 2.35 bits per heavy atom. The maximum atomic E-state index is 11.8. The van der Waals surface area contributed by atoms with Gasteiger partial charge in [0.05, 0.1) is 23.5 Å². The number of hydrogen-bond acceptors (Lipinski definition) is 5. The summed E-state index contributed by atoms with van der Waals surface area (Å²) in [6.07, 6.45) is 3.69. The summed E-state index contributed by atoms with van der Waals surface area (Å²) in [5.41, 5.74) is 0.801. The number of hydrogen-bond donors (Lipinski definition) is 2. The molecule has 3 aromatic rings. The first-order valence-electron chi connectivity index (χ1n) is 6.04. The van der Waals surface area contributed by atoms with E-state index in [-0.39, 0.29) is 5.91 Å². The number of nitrogens with one attached hydrogen (secondary N) is 2. The Morgan fingerprint density at radius 3 is 3.10 bits per heavy atom. The molecular weight excluding hydrogens is 292 g/mol. The molecular formula is C13H12N4OS2. The van der Waals surface area contributed by atoms with E-state index in [1.807, 2.05) is 22.9 Å². The molecule has 1 amide bonds. The quantitative estimate of drug-likeness (QED) is 0.760. The minimum Gasteiger partial charge on any atom is -0.349 e. The lowest BCUT2D eigenvalue weighted by Crippen LogP contribution is -2.25. The maximum absolute atomic E-state index is 11.8. The second-order valence-corrected chi connectivity index (χ2v) is 5.92. The highest BCUT2D eigenvalue weighted by Crippen LogP contribution is 2.27. The number of imidazole rings is 1. The van der Waals surface area contributed by atoms with Crippen molar-refractivity contribution in [2.24, 2.45) is 0 Å². The van der Waals surface area contributed by atoms with E-state index < -0.39 is 0 Å². The Labute approximate surface area is 123 Å². The Kier molecular flexibility index (Phi) is 3.89. The smallest absolute Gasteiger partial charge is 0.226 e. The van der Waals surface area contributed by atoms with Crippen LogP contribution in [-0.4, -0.2) is 20.9 Å². The van der Waals surface area contributed by atoms with Gasteiger partial charge in [0, 0.05) is 17.8 Å². The first-order valence-corrected chi connectivity index (χ1v) is 7.80. The standard InChI is InChI=1S/C13H12N4OS2/c18-12(16-7-11-14-3-4-15-11)6-9-8-20-13(17-9)10-2-1-5-19-10/h1-5,8H,6-7H2,(H,14,15)(H,16,18). The van der Waals surface area contributed by atoms with E-state index in [1.165, 1.54) is 0 Å². The minimum atomic E-state index is -0.0515. The van der Waals surface area contributed by atoms with Crippen molar-refractivity contribution < 1.29 is 4.79 Å². The van der Waals surface area contributed by atoms with E-state index in [0.717, 1.165) is 21.4 Å². The van der Waals surface area contributed by atoms with E-state index in [1.54, 1.807) is 35.1 Å². The van der Waals surface area contributed by atoms with Gasteiger partial charge in [-0.2, -0.15) is 0 Å². The van der Waals surface area contributed by atoms with Gasteiger partial charge in [-0.1, -0.05) is 6.07 Å². The molecule has 0 aliphatic rings. The van der Waals surface area contributed by atoms with Crippen molar-refractivity contribution in [3.05, 3.63) is 46.8 Å². The van der Waals surface area contributed by atoms with Gasteiger partial charge < -0.3 is 10.3 Å². The number of rotatable bonds is 5. The zero-order chi connectivity index (χ0) is 13.8. The molecule has 0 fully saturated rings. The van der Waals surface area contributed by atoms with Gasteiger partial charge in [0.25, 0.3) is 0 Å². The second kappa shape index (κ2) is 5.98. The van der Waals surface area contributed by atoms with Gasteiger partial charge in [0.15, 0.2) is 0 Å². The van der Waals surface area contributed by atoms with E-state index >= 15 is 0 Å². The molecule has 0 aliphatic carbocycles. The third kappa shape index (κ3) is 3.12. The molecule has 20 heavy (non-hydrogen) atoms. The monoisotopic (exact) mass is 304 g/mol. The second-order valence-electron chi connectivity index (χ2n) is 4.11. The van der Waals surface area contributed by atoms with Crippen LogP contribution in [0.5, 0.6) is 0 Å². The third-order valence-electron chi connectivity index (χ3n) is 2.63. The Hall–Kier alpha value is -1.99. The van der Waals surface area contributed by atoms with Crippen molar-refractivity contribution in [2.75, 3.05) is 0 Å². The molecule has 0 unspecified atom stereocenters. The lowest BCUT2D eigenvalue weighted by molar-refractivity contribution is -0.120. The molecule has 0 aliphatic heterocycles. The fourth-order valence-electron chi connectivity index (χ4n) is 1.71. The van der Waals surface area contributed by atoms with Gasteiger partial charge in [-0.25, -0.2) is 9.97 Å². The molecule has 0 atom stereocenters. The summed E-state index contributed by atoms with van der Waals surface area (Å²) in [7, 11) is 0. The fourth-order valence-corrected chi connectivity index (χ4v) is 3.34. The van der Waals surface area contributed by atoms with Gasteiger partial charge in [0.2, 0.25) is 5.91 Å². The Morgan fingerprint density at radius 1 is 1.40 bits per heavy atom. The van der Waals surface area contributed by atoms with Gasteiger partial charge in [-0.15, -0.1) is 22.7 Å². The topological polar surface area (TPSA) is 70.7 Å². The van der Waals surface area contributed by atoms with E-state index in [2.05, 4.69) is 20.3 Å². The molecule has 0 radical (unpaired) electrons. The first kappa shape index (κ1) is 13.0. The van der Waals surface area contributed by atoms with Crippen molar-refractivity contribution in [3.8, 4) is 9.88 Å². The summed E-state index contributed by atoms with van der Waals surface area (Å²) in [6, 6.07) is 4.03. The van der Waals surface area contributed by atoms with E-state index in [9.17, 15) is 4.79 Å². The largest absolute Gasteiger partial charge is 0.349 e. The van der Waals surface area contributed by atoms with E-state index in [4.69, 9.17) is 0 Å². The maximum Gasteiger partial charge on any atom is 0.226 e. The number of aromatic amines is 1. The number of amides is 1. The SMILES string of the molecule is O=C(Cc1csc(-c2cccs2)n1)NCc1ncc[nH]1. The molecule has 3 aromatic heterocycles. The highest BCUT2D eigenvalue weighted by molar-refractivity contribution is 7.20. The zero-order valence-electron chi connectivity index (χ0n) is 10.5. The number of carbonyl (C=O) groups is 1. The number of aromatic nitrogens is 3. The van der Waals surface area contributed by atoms with Crippen molar-refractivity contribution in [2.45, 2.75) is 13.0 Å². The first-order chi connectivity index (χ1) is 9.81. The molecule has 3 heterocycles. The predicted octanol–water partition coefficient (Wildman–Crippen LogP) is 2.45. The number of nitrogens with zero attached hydrogens (tertiary/aromatic N) is 2. The van der Waals surface area contributed by atoms with Gasteiger partial charge >= 0.3 is 0 Å². The molecule has 0 saturated carbocycles. The lowest BCUT2D eigenvalue weighted by atomic mass is 10.3. The summed E-state index contributed by atoms with van der Waals surface area (Å²) in [6.45, 7) is 0.410. The Balaban J connectivity index is 1.56. The molecule has 0 saturated heterocycles. The minimum absolute atomic E-state index is 0.0515. The number of carbonyl (C=O) groups excluding carboxylic acids is 1. The molecule has 0 bridgehead atoms. The molecule has 2 N–H and O–H groups in total. The van der Waals surface area contributed by atoms with Crippen LogP contribution in [0, 0.1) is 0 Å². The number of thiazole rings is 1. The normalized spacial score (nSPS) is 10.6. The summed E-state index contributed by atoms with van der Waals surface area (Å²) in [5.74, 6) is 0.695. The fraction of sp³-hybridized carbons (Fsp3) is 0.154. The van der Waals surface area contributed by atoms with Crippen LogP contribution in [0.15, 0.2) is 35.3 Å². The molecule has 0 aromatic carbocycles. The van der Waals surface area contributed by atoms with Crippen molar-refractivity contribution in [3.63, 3.8) is 0 Å². The average Bonchev–Trinajstić information content (AvgIpc) is 3.18. The highest BCUT2D eigenvalue weighted by atomic mass is 32.1. The van der Waals surface area contributed by atoms with Crippen LogP contribution in [-0.2, 0) is 17.8 Å². The van der Waals surface area contributed by atoms with Gasteiger partial charge in [-0.05, 0) is 11.4 Å². The zero-order valence-corrected chi connectivity index (χ0v) is 12.1. The average molecular weight is 304 g/mol. The molecule has 5 nitrogen and oxygen atoms in total. The van der Waals surface area contributed by atoms with E-state index in [0.29, 0.717) is 13.0 Å². The number of thiophene rings is 1. The summed E-state index contributed by atoms with van der Waals surface area (Å²) >= 11 is 3.22. The van der Waals surface area contributed by atoms with Gasteiger partial charge in [0.1, 0.15) is 10.8 Å². The lowest BCUT2D eigenvalue weighted by Gasteiger charge is -2.01. The summed E-state index contributed by atoms with van der Waals surface area (Å²) < 4.78 is 0. The third-order valence-corrected chi connectivity index (χ3v) is 4.56. The van der Waals surface area contributed by atoms with Crippen molar-refractivity contribution >= 4 is 28.6 Å². The number of H-pyrrole nitrogens is 1. The van der Waals surface area contributed by atoms with Crippen LogP contribution in [0.3, 0.4) is 0 Å². The summed E-state index contributed by atoms with van der Waals surface area (Å²) in [4.78, 5) is 24.4. The van der Waals surface area contributed by atoms with Crippen molar-refractivity contribution in [1.82, 2.24) is 20.3 Å². The van der Waals surface area contributed by atoms with Crippen LogP contribution >= 0.6 is 22.7 Å². The van der Waals surface area contributed by atoms with Crippen molar-refractivity contribution in [1.29, 1.82) is 0 Å². The molecule has 7 heteroatoms. The van der Waals surface area contributed by atoms with Crippen LogP contribution < -0.4 is 5.32 Å². The Bertz CT molecular complexity index is 673. The van der Waals surface area contributed by atoms with Gasteiger partial charge in [-0.3, -0.25) is 4.79 Å². The van der Waals surface area contributed by atoms with Crippen LogP contribution in [0.2, 0.25) is 0 Å². The van der Waals surface area contributed by atoms with Crippen LogP contribution in [0.1, 0.15) is 11.5 Å². The predicted molar refractivity (Wildman–Crippen MR) is 79.6 cm³/mol. The summed E-state index contributed by atoms with van der Waals surface area (Å²) in [5, 5.41) is 7.73. The molecule has 102 valence electrons. The molecule has 3 rings (SSSR count).